The van der Waals surface area contributed by atoms with Crippen LogP contribution in [-0.2, 0) is 0 Å². The van der Waals surface area contributed by atoms with E-state index in [9.17, 15) is 4.79 Å². The Labute approximate surface area is 86.9 Å². The lowest BCUT2D eigenvalue weighted by atomic mass is 10.2. The highest BCUT2D eigenvalue weighted by molar-refractivity contribution is 7.16. The SMILES string of the molecule is CCC(C)N(C)C(=O)c1nnc(N)s1. The summed E-state index contributed by atoms with van der Waals surface area (Å²) in [4.78, 5) is 13.4. The first kappa shape index (κ1) is 10.9. The number of anilines is 1. The van der Waals surface area contributed by atoms with Gasteiger partial charge in [-0.3, -0.25) is 4.79 Å². The summed E-state index contributed by atoms with van der Waals surface area (Å²) in [6, 6.07) is 0.202. The van der Waals surface area contributed by atoms with Gasteiger partial charge in [0, 0.05) is 13.1 Å². The topological polar surface area (TPSA) is 72.1 Å². The average Bonchev–Trinajstić information content (AvgIpc) is 2.61. The lowest BCUT2D eigenvalue weighted by molar-refractivity contribution is 0.0739. The molecule has 0 radical (unpaired) electrons. The summed E-state index contributed by atoms with van der Waals surface area (Å²) in [7, 11) is 1.76. The number of hydrogen-bond acceptors (Lipinski definition) is 5. The molecule has 0 aromatic carbocycles. The molecule has 0 aliphatic heterocycles. The zero-order valence-electron chi connectivity index (χ0n) is 8.52. The van der Waals surface area contributed by atoms with Gasteiger partial charge in [-0.1, -0.05) is 18.3 Å². The van der Waals surface area contributed by atoms with Gasteiger partial charge in [-0.15, -0.1) is 10.2 Å². The van der Waals surface area contributed by atoms with Crippen LogP contribution in [0.2, 0.25) is 0 Å². The fourth-order valence-corrected chi connectivity index (χ4v) is 1.54. The van der Waals surface area contributed by atoms with E-state index in [4.69, 9.17) is 5.73 Å². The normalized spacial score (nSPS) is 12.5. The molecule has 2 N–H and O–H groups in total. The zero-order valence-corrected chi connectivity index (χ0v) is 9.34. The molecule has 6 heteroatoms. The minimum atomic E-state index is -0.117. The Hall–Kier alpha value is -1.17. The van der Waals surface area contributed by atoms with E-state index in [0.29, 0.717) is 10.1 Å². The van der Waals surface area contributed by atoms with Crippen LogP contribution in [0.1, 0.15) is 30.1 Å². The highest BCUT2D eigenvalue weighted by Gasteiger charge is 2.19. The summed E-state index contributed by atoms with van der Waals surface area (Å²) in [5.74, 6) is -0.117. The van der Waals surface area contributed by atoms with Crippen molar-refractivity contribution in [1.82, 2.24) is 15.1 Å². The third-order valence-electron chi connectivity index (χ3n) is 2.20. The summed E-state index contributed by atoms with van der Waals surface area (Å²) in [5, 5.41) is 7.99. The first-order valence-corrected chi connectivity index (χ1v) is 5.24. The molecule has 1 unspecified atom stereocenters. The summed E-state index contributed by atoms with van der Waals surface area (Å²) in [5.41, 5.74) is 5.40. The van der Waals surface area contributed by atoms with Crippen molar-refractivity contribution in [1.29, 1.82) is 0 Å². The smallest absolute Gasteiger partial charge is 0.284 e. The van der Waals surface area contributed by atoms with Crippen LogP contribution in [0.3, 0.4) is 0 Å². The molecule has 5 nitrogen and oxygen atoms in total. The molecule has 0 bridgehead atoms. The molecule has 1 rings (SSSR count). The largest absolute Gasteiger partial charge is 0.374 e. The minimum Gasteiger partial charge on any atom is -0.374 e. The highest BCUT2D eigenvalue weighted by atomic mass is 32.1. The van der Waals surface area contributed by atoms with Crippen LogP contribution < -0.4 is 5.73 Å². The lowest BCUT2D eigenvalue weighted by Gasteiger charge is -2.22. The van der Waals surface area contributed by atoms with Crippen molar-refractivity contribution in [2.24, 2.45) is 0 Å². The molecule has 0 saturated heterocycles. The molecule has 0 saturated carbocycles. The maximum absolute atomic E-state index is 11.7. The van der Waals surface area contributed by atoms with Crippen LogP contribution in [-0.4, -0.2) is 34.1 Å². The molecule has 1 atom stereocenters. The minimum absolute atomic E-state index is 0.117. The van der Waals surface area contributed by atoms with E-state index < -0.39 is 0 Å². The Morgan fingerprint density at radius 1 is 1.64 bits per heavy atom. The quantitative estimate of drug-likeness (QED) is 0.814. The first-order chi connectivity index (χ1) is 6.56. The van der Waals surface area contributed by atoms with Crippen molar-refractivity contribution in [3.05, 3.63) is 5.01 Å². The molecule has 14 heavy (non-hydrogen) atoms. The predicted molar refractivity (Wildman–Crippen MR) is 56.2 cm³/mol. The molecule has 1 heterocycles. The van der Waals surface area contributed by atoms with E-state index in [0.717, 1.165) is 17.8 Å². The number of aromatic nitrogens is 2. The van der Waals surface area contributed by atoms with E-state index in [2.05, 4.69) is 10.2 Å². The number of nitrogen functional groups attached to an aromatic ring is 1. The van der Waals surface area contributed by atoms with Crippen LogP contribution in [0.4, 0.5) is 5.13 Å². The number of rotatable bonds is 3. The highest BCUT2D eigenvalue weighted by Crippen LogP contribution is 2.14. The van der Waals surface area contributed by atoms with Crippen LogP contribution in [0, 0.1) is 0 Å². The third-order valence-corrected chi connectivity index (χ3v) is 2.94. The Kier molecular flexibility index (Phi) is 3.40. The molecule has 1 amide bonds. The van der Waals surface area contributed by atoms with Crippen molar-refractivity contribution in [3.8, 4) is 0 Å². The van der Waals surface area contributed by atoms with E-state index >= 15 is 0 Å². The standard InChI is InChI=1S/C8H14N4OS/c1-4-5(2)12(3)7(13)6-10-11-8(9)14-6/h5H,4H2,1-3H3,(H2,9,11). The second kappa shape index (κ2) is 4.36. The second-order valence-electron chi connectivity index (χ2n) is 3.12. The molecular weight excluding hydrogens is 200 g/mol. The van der Waals surface area contributed by atoms with Gasteiger partial charge in [-0.25, -0.2) is 0 Å². The van der Waals surface area contributed by atoms with Crippen molar-refractivity contribution in [2.75, 3.05) is 12.8 Å². The second-order valence-corrected chi connectivity index (χ2v) is 4.13. The van der Waals surface area contributed by atoms with Crippen molar-refractivity contribution in [2.45, 2.75) is 26.3 Å². The maximum Gasteiger partial charge on any atom is 0.284 e. The summed E-state index contributed by atoms with van der Waals surface area (Å²) < 4.78 is 0. The van der Waals surface area contributed by atoms with Gasteiger partial charge in [0.15, 0.2) is 0 Å². The number of nitrogens with zero attached hydrogens (tertiary/aromatic N) is 3. The molecule has 1 aromatic rings. The average molecular weight is 214 g/mol. The Morgan fingerprint density at radius 3 is 2.71 bits per heavy atom. The van der Waals surface area contributed by atoms with Crippen molar-refractivity contribution < 1.29 is 4.79 Å². The number of carbonyl (C=O) groups is 1. The summed E-state index contributed by atoms with van der Waals surface area (Å²) >= 11 is 1.12. The number of nitrogens with two attached hydrogens (primary N) is 1. The van der Waals surface area contributed by atoms with E-state index in [-0.39, 0.29) is 11.9 Å². The van der Waals surface area contributed by atoms with E-state index in [1.165, 1.54) is 0 Å². The van der Waals surface area contributed by atoms with Crippen LogP contribution in [0.25, 0.3) is 0 Å². The predicted octanol–water partition coefficient (Wildman–Crippen LogP) is 0.991. The number of amides is 1. The summed E-state index contributed by atoms with van der Waals surface area (Å²) in [6.45, 7) is 4.02. The van der Waals surface area contributed by atoms with Crippen molar-refractivity contribution in [3.63, 3.8) is 0 Å². The van der Waals surface area contributed by atoms with Gasteiger partial charge >= 0.3 is 0 Å². The molecule has 78 valence electrons. The maximum atomic E-state index is 11.7. The van der Waals surface area contributed by atoms with Gasteiger partial charge in [0.1, 0.15) is 0 Å². The number of hydrogen-bond donors (Lipinski definition) is 1. The Morgan fingerprint density at radius 2 is 2.29 bits per heavy atom. The fraction of sp³-hybridized carbons (Fsp3) is 0.625. The zero-order chi connectivity index (χ0) is 10.7. The molecule has 0 aliphatic carbocycles. The van der Waals surface area contributed by atoms with Crippen LogP contribution in [0.5, 0.6) is 0 Å². The molecule has 0 aliphatic rings. The third kappa shape index (κ3) is 2.20. The van der Waals surface area contributed by atoms with Crippen LogP contribution in [0.15, 0.2) is 0 Å². The first-order valence-electron chi connectivity index (χ1n) is 4.42. The summed E-state index contributed by atoms with van der Waals surface area (Å²) in [6.07, 6.45) is 0.913. The van der Waals surface area contributed by atoms with Gasteiger partial charge in [0.25, 0.3) is 5.91 Å². The van der Waals surface area contributed by atoms with E-state index in [1.807, 2.05) is 13.8 Å². The van der Waals surface area contributed by atoms with Crippen molar-refractivity contribution >= 4 is 22.4 Å². The molecular formula is C8H14N4OS. The fourth-order valence-electron chi connectivity index (χ4n) is 0.946. The molecule has 0 fully saturated rings. The van der Waals surface area contributed by atoms with Gasteiger partial charge in [0.05, 0.1) is 0 Å². The lowest BCUT2D eigenvalue weighted by Crippen LogP contribution is -2.34. The molecule has 1 aromatic heterocycles. The van der Waals surface area contributed by atoms with Gasteiger partial charge < -0.3 is 10.6 Å². The Bertz CT molecular complexity index is 325. The molecule has 0 spiro atoms. The van der Waals surface area contributed by atoms with Gasteiger partial charge in [-0.05, 0) is 13.3 Å². The van der Waals surface area contributed by atoms with Crippen LogP contribution >= 0.6 is 11.3 Å². The Balaban J connectivity index is 2.75. The monoisotopic (exact) mass is 214 g/mol. The van der Waals surface area contributed by atoms with Gasteiger partial charge in [-0.2, -0.15) is 0 Å². The number of carbonyl (C=O) groups excluding carboxylic acids is 1. The van der Waals surface area contributed by atoms with E-state index in [1.54, 1.807) is 11.9 Å². The van der Waals surface area contributed by atoms with Gasteiger partial charge in [0.2, 0.25) is 10.1 Å².